The van der Waals surface area contributed by atoms with E-state index in [1.54, 1.807) is 3.71 Å². The number of hydrogen-bond acceptors (Lipinski definition) is 2. The normalized spacial score (nSPS) is 12.0. The molecule has 0 aliphatic heterocycles. The zero-order chi connectivity index (χ0) is 13.4. The van der Waals surface area contributed by atoms with Crippen molar-refractivity contribution >= 4 is 22.1 Å². The van der Waals surface area contributed by atoms with Gasteiger partial charge < -0.3 is 0 Å². The van der Waals surface area contributed by atoms with Crippen molar-refractivity contribution in [1.29, 1.82) is 0 Å². The van der Waals surface area contributed by atoms with Crippen LogP contribution in [0.2, 0.25) is 13.3 Å². The minimum absolute atomic E-state index is 1.32. The fraction of sp³-hybridized carbons (Fsp3) is 0.857. The van der Waals surface area contributed by atoms with Gasteiger partial charge in [0, 0.05) is 0 Å². The van der Waals surface area contributed by atoms with Gasteiger partial charge in [0.05, 0.1) is 0 Å². The topological polar surface area (TPSA) is 30.7 Å². The molecular formula is C14H29N3Sn. The second kappa shape index (κ2) is 8.18. The van der Waals surface area contributed by atoms with Crippen molar-refractivity contribution in [3.8, 4) is 0 Å². The molecule has 0 unspecified atom stereocenters. The van der Waals surface area contributed by atoms with E-state index < -0.39 is 18.4 Å². The van der Waals surface area contributed by atoms with Crippen LogP contribution in [0.25, 0.3) is 0 Å². The number of rotatable bonds is 9. The van der Waals surface area contributed by atoms with Gasteiger partial charge in [0.2, 0.25) is 0 Å². The fourth-order valence-electron chi connectivity index (χ4n) is 3.04. The van der Waals surface area contributed by atoms with Crippen LogP contribution in [0.4, 0.5) is 0 Å². The Morgan fingerprint density at radius 1 is 1.00 bits per heavy atom. The molecule has 18 heavy (non-hydrogen) atoms. The summed E-state index contributed by atoms with van der Waals surface area (Å²) in [6.07, 6.45) is 8.83. The van der Waals surface area contributed by atoms with Gasteiger partial charge >= 0.3 is 117 Å². The summed E-state index contributed by atoms with van der Waals surface area (Å²) >= 11 is -2.22. The summed E-state index contributed by atoms with van der Waals surface area (Å²) in [6, 6.07) is 0. The SMILES string of the molecule is CCC[CH2][Sn]([CH2]CC)([CH2]CCC)[c]1cnnn1C. The first-order valence-corrected chi connectivity index (χ1v) is 15.0. The van der Waals surface area contributed by atoms with E-state index >= 15 is 0 Å². The van der Waals surface area contributed by atoms with E-state index in [0.29, 0.717) is 0 Å². The molecule has 0 aromatic carbocycles. The molecule has 0 spiro atoms. The van der Waals surface area contributed by atoms with Crippen molar-refractivity contribution in [3.63, 3.8) is 0 Å². The Hall–Kier alpha value is -0.0613. The Morgan fingerprint density at radius 3 is 2.00 bits per heavy atom. The third-order valence-electron chi connectivity index (χ3n) is 4.00. The molecule has 0 N–H and O–H groups in total. The van der Waals surface area contributed by atoms with E-state index in [9.17, 15) is 0 Å². The van der Waals surface area contributed by atoms with Gasteiger partial charge in [-0.2, -0.15) is 0 Å². The van der Waals surface area contributed by atoms with Crippen LogP contribution in [-0.2, 0) is 7.05 Å². The van der Waals surface area contributed by atoms with Gasteiger partial charge in [-0.1, -0.05) is 0 Å². The molecular weight excluding hydrogens is 329 g/mol. The van der Waals surface area contributed by atoms with Gasteiger partial charge in [0.25, 0.3) is 0 Å². The predicted molar refractivity (Wildman–Crippen MR) is 80.9 cm³/mol. The van der Waals surface area contributed by atoms with Crippen molar-refractivity contribution in [3.05, 3.63) is 6.20 Å². The minimum atomic E-state index is -2.22. The van der Waals surface area contributed by atoms with Gasteiger partial charge in [0.15, 0.2) is 0 Å². The van der Waals surface area contributed by atoms with Crippen LogP contribution in [0.5, 0.6) is 0 Å². The molecule has 1 aromatic rings. The molecule has 0 aliphatic rings. The molecule has 1 rings (SSSR count). The average molecular weight is 358 g/mol. The number of nitrogens with zero attached hydrogens (tertiary/aromatic N) is 3. The Morgan fingerprint density at radius 2 is 1.61 bits per heavy atom. The Kier molecular flexibility index (Phi) is 7.27. The number of unbranched alkanes of at least 4 members (excludes halogenated alkanes) is 2. The first-order valence-electron chi connectivity index (χ1n) is 7.55. The number of aromatic nitrogens is 3. The Bertz CT molecular complexity index is 328. The van der Waals surface area contributed by atoms with Crippen molar-refractivity contribution in [1.82, 2.24) is 15.0 Å². The third kappa shape index (κ3) is 3.97. The van der Waals surface area contributed by atoms with Crippen LogP contribution in [0.3, 0.4) is 0 Å². The molecule has 3 nitrogen and oxygen atoms in total. The van der Waals surface area contributed by atoms with Gasteiger partial charge in [-0.15, -0.1) is 0 Å². The maximum absolute atomic E-state index is 4.20. The molecule has 0 aliphatic carbocycles. The molecule has 1 heterocycles. The van der Waals surface area contributed by atoms with E-state index in [0.717, 1.165) is 0 Å². The van der Waals surface area contributed by atoms with E-state index in [4.69, 9.17) is 0 Å². The number of hydrogen-bond donors (Lipinski definition) is 0. The summed E-state index contributed by atoms with van der Waals surface area (Å²) in [4.78, 5) is 0. The molecule has 0 radical (unpaired) electrons. The van der Waals surface area contributed by atoms with Gasteiger partial charge in [-0.25, -0.2) is 0 Å². The standard InChI is InChI=1S/2C4H9.C3H4N3.C3H7.Sn/c2*1-3-4-2;1-6-3-2-4-5-6;1-3-2;/h2*1,3-4H2,2H3;2H,1H3;1,3H2,2H3;. The number of aryl methyl sites for hydroxylation is 1. The van der Waals surface area contributed by atoms with Crippen molar-refractivity contribution in [2.24, 2.45) is 7.05 Å². The summed E-state index contributed by atoms with van der Waals surface area (Å²) in [6.45, 7) is 6.96. The van der Waals surface area contributed by atoms with Crippen molar-refractivity contribution in [2.45, 2.75) is 66.2 Å². The first-order chi connectivity index (χ1) is 8.70. The maximum atomic E-state index is 4.20. The van der Waals surface area contributed by atoms with Crippen LogP contribution in [0.15, 0.2) is 6.20 Å². The van der Waals surface area contributed by atoms with Crippen LogP contribution in [0, 0.1) is 0 Å². The molecule has 0 bridgehead atoms. The van der Waals surface area contributed by atoms with E-state index in [2.05, 4.69) is 49.0 Å². The molecule has 0 amide bonds. The molecule has 0 fully saturated rings. The third-order valence-corrected chi connectivity index (χ3v) is 20.0. The summed E-state index contributed by atoms with van der Waals surface area (Å²) in [7, 11) is 2.08. The quantitative estimate of drug-likeness (QED) is 0.633. The molecule has 0 saturated heterocycles. The van der Waals surface area contributed by atoms with E-state index in [1.807, 2.05) is 0 Å². The van der Waals surface area contributed by atoms with Crippen LogP contribution < -0.4 is 3.71 Å². The van der Waals surface area contributed by atoms with E-state index in [-0.39, 0.29) is 0 Å². The van der Waals surface area contributed by atoms with E-state index in [1.165, 1.54) is 45.4 Å². The van der Waals surface area contributed by atoms with Crippen LogP contribution in [0.1, 0.15) is 52.9 Å². The van der Waals surface area contributed by atoms with Gasteiger partial charge in [-0.3, -0.25) is 0 Å². The average Bonchev–Trinajstić information content (AvgIpc) is 2.80. The fourth-order valence-corrected chi connectivity index (χ4v) is 19.0. The van der Waals surface area contributed by atoms with Crippen LogP contribution in [-0.4, -0.2) is 33.4 Å². The monoisotopic (exact) mass is 359 g/mol. The summed E-state index contributed by atoms with van der Waals surface area (Å²) in [5.41, 5.74) is 0. The first kappa shape index (κ1) is 16.0. The second-order valence-corrected chi connectivity index (χ2v) is 18.5. The van der Waals surface area contributed by atoms with Crippen LogP contribution >= 0.6 is 0 Å². The Balaban J connectivity index is 2.98. The van der Waals surface area contributed by atoms with Gasteiger partial charge in [-0.05, 0) is 0 Å². The molecule has 0 saturated carbocycles. The molecule has 4 heteroatoms. The van der Waals surface area contributed by atoms with Crippen molar-refractivity contribution in [2.75, 3.05) is 0 Å². The Labute approximate surface area is 116 Å². The zero-order valence-corrected chi connectivity index (χ0v) is 15.4. The molecule has 104 valence electrons. The summed E-state index contributed by atoms with van der Waals surface area (Å²) < 4.78 is 8.07. The summed E-state index contributed by atoms with van der Waals surface area (Å²) in [5, 5.41) is 8.35. The van der Waals surface area contributed by atoms with Crippen molar-refractivity contribution < 1.29 is 0 Å². The second-order valence-electron chi connectivity index (χ2n) is 5.48. The van der Waals surface area contributed by atoms with Gasteiger partial charge in [0.1, 0.15) is 0 Å². The summed E-state index contributed by atoms with van der Waals surface area (Å²) in [5.74, 6) is 0. The molecule has 1 aromatic heterocycles. The molecule has 0 atom stereocenters. The zero-order valence-electron chi connectivity index (χ0n) is 12.6. The predicted octanol–water partition coefficient (Wildman–Crippen LogP) is 3.48.